The van der Waals surface area contributed by atoms with Crippen molar-refractivity contribution in [3.63, 3.8) is 0 Å². The summed E-state index contributed by atoms with van der Waals surface area (Å²) in [6.07, 6.45) is 0.381. The summed E-state index contributed by atoms with van der Waals surface area (Å²) < 4.78 is 0. The Balaban J connectivity index is 1.90. The number of carbonyl (C=O) groups excluding carboxylic acids is 2. The molecule has 1 aromatic carbocycles. The van der Waals surface area contributed by atoms with E-state index in [4.69, 9.17) is 0 Å². The molecule has 4 fully saturated rings. The first-order chi connectivity index (χ1) is 11.0. The van der Waals surface area contributed by atoms with Gasteiger partial charge in [-0.2, -0.15) is 5.26 Å². The lowest BCUT2D eigenvalue weighted by Crippen LogP contribution is -2.73. The second-order valence-corrected chi connectivity index (χ2v) is 9.07. The first-order valence-corrected chi connectivity index (χ1v) is 9.54. The van der Waals surface area contributed by atoms with E-state index >= 15 is 0 Å². The molecule has 0 aromatic heterocycles. The second kappa shape index (κ2) is 4.68. The number of fused-ring (bicyclic) bond motifs is 2. The first-order valence-electron chi connectivity index (χ1n) is 7.39. The predicted molar refractivity (Wildman–Crippen MR) is 88.8 cm³/mol. The Morgan fingerprint density at radius 3 is 2.57 bits per heavy atom. The molecule has 4 unspecified atom stereocenters. The van der Waals surface area contributed by atoms with Crippen LogP contribution < -0.4 is 0 Å². The molecule has 118 valence electrons. The van der Waals surface area contributed by atoms with Gasteiger partial charge in [0.1, 0.15) is 0 Å². The summed E-state index contributed by atoms with van der Waals surface area (Å²) in [5.74, 6) is -0.524. The Morgan fingerprint density at radius 2 is 1.91 bits per heavy atom. The van der Waals surface area contributed by atoms with E-state index in [0.717, 1.165) is 5.56 Å². The zero-order valence-corrected chi connectivity index (χ0v) is 14.4. The molecule has 23 heavy (non-hydrogen) atoms. The average molecular weight is 345 g/mol. The Kier molecular flexibility index (Phi) is 3.03. The van der Waals surface area contributed by atoms with Gasteiger partial charge < -0.3 is 9.80 Å². The highest BCUT2D eigenvalue weighted by molar-refractivity contribution is 8.78. The molecule has 0 N–H and O–H groups in total. The Bertz CT molecular complexity index is 749. The topological polar surface area (TPSA) is 64.4 Å². The van der Waals surface area contributed by atoms with Crippen LogP contribution in [0.25, 0.3) is 0 Å². The molecule has 4 atom stereocenters. The van der Waals surface area contributed by atoms with E-state index in [1.54, 1.807) is 23.8 Å². The molecule has 0 saturated carbocycles. The van der Waals surface area contributed by atoms with Crippen molar-refractivity contribution in [2.75, 3.05) is 7.05 Å². The van der Waals surface area contributed by atoms with Crippen LogP contribution >= 0.6 is 21.6 Å². The highest BCUT2D eigenvalue weighted by Crippen LogP contribution is 2.66. The fraction of sp³-hybridized carbons (Fsp3) is 0.438. The van der Waals surface area contributed by atoms with Crippen LogP contribution in [0.4, 0.5) is 0 Å². The van der Waals surface area contributed by atoms with Crippen molar-refractivity contribution >= 4 is 33.4 Å². The number of hydrogen-bond donors (Lipinski definition) is 0. The molecule has 4 aliphatic rings. The summed E-state index contributed by atoms with van der Waals surface area (Å²) in [5, 5.41) is 9.64. The normalized spacial score (nSPS) is 38.7. The summed E-state index contributed by atoms with van der Waals surface area (Å²) in [6.45, 7) is 1.79. The van der Waals surface area contributed by atoms with E-state index in [1.165, 1.54) is 21.6 Å². The molecular formula is C16H15N3O2S2. The van der Waals surface area contributed by atoms with Crippen LogP contribution in [-0.2, 0) is 9.59 Å². The Hall–Kier alpha value is -1.65. The van der Waals surface area contributed by atoms with Crippen molar-refractivity contribution < 1.29 is 9.59 Å². The summed E-state index contributed by atoms with van der Waals surface area (Å²) in [4.78, 5) is 27.5. The lowest BCUT2D eigenvalue weighted by atomic mass is 9.94. The quantitative estimate of drug-likeness (QED) is 0.731. The standard InChI is InChI=1S/C16H15N3O2S2/c1-15-13(20)19-12(10-6-4-3-5-7-10)11(9-17)8-16(19,23-22-15)14(21)18(15)2/h3-7,11-12H,8H2,1-2H3. The number of amides is 2. The third-order valence-electron chi connectivity index (χ3n) is 5.09. The van der Waals surface area contributed by atoms with Crippen LogP contribution in [0.3, 0.4) is 0 Å². The van der Waals surface area contributed by atoms with Crippen molar-refractivity contribution in [3.8, 4) is 6.07 Å². The van der Waals surface area contributed by atoms with Gasteiger partial charge in [0.25, 0.3) is 11.8 Å². The third kappa shape index (κ3) is 1.65. The van der Waals surface area contributed by atoms with Gasteiger partial charge in [-0.15, -0.1) is 0 Å². The van der Waals surface area contributed by atoms with Crippen molar-refractivity contribution in [3.05, 3.63) is 35.9 Å². The number of carbonyl (C=O) groups is 2. The second-order valence-electron chi connectivity index (χ2n) is 6.27. The molecule has 2 bridgehead atoms. The molecule has 4 heterocycles. The maximum absolute atomic E-state index is 13.2. The number of nitriles is 1. The molecule has 4 aliphatic heterocycles. The van der Waals surface area contributed by atoms with Crippen LogP contribution in [0.1, 0.15) is 24.9 Å². The molecule has 2 amide bonds. The Morgan fingerprint density at radius 1 is 1.22 bits per heavy atom. The van der Waals surface area contributed by atoms with Gasteiger partial charge in [0.2, 0.25) is 0 Å². The van der Waals surface area contributed by atoms with E-state index in [9.17, 15) is 14.9 Å². The van der Waals surface area contributed by atoms with Gasteiger partial charge in [0, 0.05) is 13.5 Å². The van der Waals surface area contributed by atoms with Gasteiger partial charge in [-0.25, -0.2) is 0 Å². The number of likely N-dealkylation sites (N-methyl/N-ethyl adjacent to an activating group) is 1. The molecule has 5 rings (SSSR count). The third-order valence-corrected chi connectivity index (χ3v) is 8.81. The van der Waals surface area contributed by atoms with E-state index < -0.39 is 9.74 Å². The minimum absolute atomic E-state index is 0.0676. The zero-order chi connectivity index (χ0) is 16.4. The molecule has 0 radical (unpaired) electrons. The zero-order valence-electron chi connectivity index (χ0n) is 12.7. The van der Waals surface area contributed by atoms with Crippen LogP contribution in [0, 0.1) is 17.2 Å². The number of benzene rings is 1. The van der Waals surface area contributed by atoms with E-state index in [0.29, 0.717) is 6.42 Å². The lowest BCUT2D eigenvalue weighted by molar-refractivity contribution is -0.164. The average Bonchev–Trinajstić information content (AvgIpc) is 2.92. The molecule has 0 aliphatic carbocycles. The van der Waals surface area contributed by atoms with Gasteiger partial charge in [0.05, 0.1) is 18.0 Å². The van der Waals surface area contributed by atoms with Crippen LogP contribution in [0.2, 0.25) is 0 Å². The van der Waals surface area contributed by atoms with Gasteiger partial charge in [-0.3, -0.25) is 9.59 Å². The SMILES string of the molecule is CN1C(=O)C23CC(C#N)C(c4ccccc4)N2C(=O)C1(C)SS3. The van der Waals surface area contributed by atoms with Gasteiger partial charge in [-0.05, 0) is 12.5 Å². The lowest BCUT2D eigenvalue weighted by Gasteiger charge is -2.57. The van der Waals surface area contributed by atoms with Gasteiger partial charge in [0.15, 0.2) is 9.74 Å². The van der Waals surface area contributed by atoms with Crippen LogP contribution in [0.5, 0.6) is 0 Å². The van der Waals surface area contributed by atoms with Gasteiger partial charge >= 0.3 is 0 Å². The van der Waals surface area contributed by atoms with Crippen molar-refractivity contribution in [1.29, 1.82) is 5.26 Å². The Labute approximate surface area is 142 Å². The highest BCUT2D eigenvalue weighted by Gasteiger charge is 2.72. The fourth-order valence-electron chi connectivity index (χ4n) is 3.72. The number of hydrogen-bond acceptors (Lipinski definition) is 5. The molecular weight excluding hydrogens is 330 g/mol. The van der Waals surface area contributed by atoms with Crippen molar-refractivity contribution in [2.45, 2.75) is 29.1 Å². The highest BCUT2D eigenvalue weighted by atomic mass is 33.1. The monoisotopic (exact) mass is 345 g/mol. The van der Waals surface area contributed by atoms with Crippen molar-refractivity contribution in [2.24, 2.45) is 5.92 Å². The summed E-state index contributed by atoms with van der Waals surface area (Å²) >= 11 is 0. The number of piperazine rings is 1. The van der Waals surface area contributed by atoms with E-state index in [-0.39, 0.29) is 23.8 Å². The fourth-order valence-corrected chi connectivity index (χ4v) is 7.22. The maximum Gasteiger partial charge on any atom is 0.261 e. The molecule has 5 nitrogen and oxygen atoms in total. The molecule has 7 heteroatoms. The van der Waals surface area contributed by atoms with Crippen LogP contribution in [-0.4, -0.2) is 38.4 Å². The molecule has 4 saturated heterocycles. The number of nitrogens with zero attached hydrogens (tertiary/aromatic N) is 3. The van der Waals surface area contributed by atoms with Crippen molar-refractivity contribution in [1.82, 2.24) is 9.80 Å². The number of rotatable bonds is 1. The summed E-state index contributed by atoms with van der Waals surface area (Å²) in [6, 6.07) is 11.5. The summed E-state index contributed by atoms with van der Waals surface area (Å²) in [5.41, 5.74) is 0.918. The minimum atomic E-state index is -0.949. The predicted octanol–water partition coefficient (Wildman–Crippen LogP) is 2.38. The summed E-state index contributed by atoms with van der Waals surface area (Å²) in [7, 11) is 4.56. The van der Waals surface area contributed by atoms with Gasteiger partial charge in [-0.1, -0.05) is 51.9 Å². The maximum atomic E-state index is 13.2. The van der Waals surface area contributed by atoms with Crippen LogP contribution in [0.15, 0.2) is 30.3 Å². The first kappa shape index (κ1) is 14.9. The molecule has 1 spiro atoms. The minimum Gasteiger partial charge on any atom is -0.319 e. The molecule has 1 aromatic rings. The van der Waals surface area contributed by atoms with E-state index in [2.05, 4.69) is 6.07 Å². The largest absolute Gasteiger partial charge is 0.319 e. The van der Waals surface area contributed by atoms with E-state index in [1.807, 2.05) is 30.3 Å². The smallest absolute Gasteiger partial charge is 0.261 e.